The summed E-state index contributed by atoms with van der Waals surface area (Å²) >= 11 is 4.82. The minimum Gasteiger partial charge on any atom is -0.494 e. The molecule has 0 aromatic carbocycles. The molecule has 0 bridgehead atoms. The Balaban J connectivity index is 3.21. The molecule has 0 amide bonds. The summed E-state index contributed by atoms with van der Waals surface area (Å²) < 4.78 is 37.1. The lowest BCUT2D eigenvalue weighted by Crippen LogP contribution is -2.16. The van der Waals surface area contributed by atoms with Gasteiger partial charge in [0.1, 0.15) is 0 Å². The molecule has 0 saturated carbocycles. The lowest BCUT2D eigenvalue weighted by Gasteiger charge is -2.08. The van der Waals surface area contributed by atoms with Gasteiger partial charge in [0.05, 0.1) is 12.0 Å². The van der Waals surface area contributed by atoms with E-state index in [1.165, 1.54) is 6.08 Å². The quantitative estimate of drug-likeness (QED) is 0.662. The number of halogens is 3. The Morgan fingerprint density at radius 1 is 1.47 bits per heavy atom. The Labute approximate surface area is 111 Å². The molecule has 104 valence electrons. The predicted molar refractivity (Wildman–Crippen MR) is 67.5 cm³/mol. The van der Waals surface area contributed by atoms with Gasteiger partial charge in [-0.2, -0.15) is 13.2 Å². The van der Waals surface area contributed by atoms with E-state index in [1.54, 1.807) is 0 Å². The van der Waals surface area contributed by atoms with Crippen molar-refractivity contribution < 1.29 is 18.3 Å². The largest absolute Gasteiger partial charge is 0.494 e. The number of aromatic nitrogens is 2. The lowest BCUT2D eigenvalue weighted by atomic mass is 10.2. The maximum Gasteiger partial charge on any atom is 0.392 e. The predicted octanol–water partition coefficient (Wildman–Crippen LogP) is 2.76. The fourth-order valence-corrected chi connectivity index (χ4v) is 1.59. The van der Waals surface area contributed by atoms with Gasteiger partial charge >= 0.3 is 6.18 Å². The normalized spacial score (nSPS) is 11.9. The first-order valence-corrected chi connectivity index (χ1v) is 5.57. The first-order chi connectivity index (χ1) is 8.76. The van der Waals surface area contributed by atoms with Gasteiger partial charge in [-0.25, -0.2) is 0 Å². The molecule has 0 atom stereocenters. The summed E-state index contributed by atoms with van der Waals surface area (Å²) in [6, 6.07) is 0. The molecule has 1 aromatic heterocycles. The molecule has 1 rings (SSSR count). The van der Waals surface area contributed by atoms with Crippen LogP contribution in [0.25, 0.3) is 6.08 Å². The summed E-state index contributed by atoms with van der Waals surface area (Å²) in [5.41, 5.74) is -1.03. The van der Waals surface area contributed by atoms with Gasteiger partial charge in [-0.1, -0.05) is 12.2 Å². The third-order valence-corrected chi connectivity index (χ3v) is 2.47. The lowest BCUT2D eigenvalue weighted by molar-refractivity contribution is -0.124. The van der Waals surface area contributed by atoms with Gasteiger partial charge in [-0.15, -0.1) is 6.58 Å². The summed E-state index contributed by atoms with van der Waals surface area (Å²) in [5.74, 6) is -0.493. The molecule has 8 heteroatoms. The summed E-state index contributed by atoms with van der Waals surface area (Å²) in [5, 5.41) is 9.81. The first-order valence-electron chi connectivity index (χ1n) is 5.16. The van der Waals surface area contributed by atoms with Gasteiger partial charge < -0.3 is 5.11 Å². The Hall–Kier alpha value is -1.83. The average molecular weight is 292 g/mol. The van der Waals surface area contributed by atoms with E-state index in [0.29, 0.717) is 0 Å². The molecule has 0 fully saturated rings. The molecular formula is C11H11F3N2O2S. The number of aromatic hydroxyl groups is 1. The highest BCUT2D eigenvalue weighted by Gasteiger charge is 2.24. The Morgan fingerprint density at radius 2 is 2.11 bits per heavy atom. The zero-order valence-electron chi connectivity index (χ0n) is 9.70. The number of H-pyrrole nitrogens is 1. The topological polar surface area (TPSA) is 58.0 Å². The Kier molecular flexibility index (Phi) is 4.71. The van der Waals surface area contributed by atoms with Crippen LogP contribution in [-0.4, -0.2) is 20.8 Å². The third kappa shape index (κ3) is 4.09. The maximum absolute atomic E-state index is 12.0. The fraction of sp³-hybridized carbons (Fsp3) is 0.273. The number of nitrogens with one attached hydrogen (secondary N) is 1. The maximum atomic E-state index is 12.0. The summed E-state index contributed by atoms with van der Waals surface area (Å²) in [6.45, 7) is 3.57. The monoisotopic (exact) mass is 292 g/mol. The first kappa shape index (κ1) is 15.2. The summed E-state index contributed by atoms with van der Waals surface area (Å²) in [7, 11) is 0. The molecule has 0 aliphatic rings. The molecule has 2 N–H and O–H groups in total. The van der Waals surface area contributed by atoms with Crippen molar-refractivity contribution in [3.8, 4) is 5.88 Å². The van der Waals surface area contributed by atoms with Crippen LogP contribution >= 0.6 is 12.2 Å². The van der Waals surface area contributed by atoms with E-state index < -0.39 is 24.0 Å². The molecule has 1 aromatic rings. The van der Waals surface area contributed by atoms with Crippen molar-refractivity contribution >= 4 is 18.3 Å². The van der Waals surface area contributed by atoms with Crippen molar-refractivity contribution in [2.24, 2.45) is 0 Å². The second-order valence-corrected chi connectivity index (χ2v) is 4.00. The van der Waals surface area contributed by atoms with Crippen LogP contribution in [0.5, 0.6) is 5.88 Å². The van der Waals surface area contributed by atoms with Crippen LogP contribution in [0.4, 0.5) is 13.2 Å². The van der Waals surface area contributed by atoms with E-state index in [9.17, 15) is 23.1 Å². The zero-order valence-corrected chi connectivity index (χ0v) is 10.5. The minimum atomic E-state index is -4.37. The van der Waals surface area contributed by atoms with Crippen LogP contribution in [0.1, 0.15) is 12.0 Å². The number of aromatic amines is 1. The van der Waals surface area contributed by atoms with Gasteiger partial charge in [-0.3, -0.25) is 14.3 Å². The molecule has 19 heavy (non-hydrogen) atoms. The molecule has 4 nitrogen and oxygen atoms in total. The van der Waals surface area contributed by atoms with Crippen molar-refractivity contribution in [1.82, 2.24) is 9.55 Å². The molecule has 0 aliphatic carbocycles. The van der Waals surface area contributed by atoms with Gasteiger partial charge in [0.2, 0.25) is 5.88 Å². The zero-order chi connectivity index (χ0) is 14.6. The van der Waals surface area contributed by atoms with E-state index in [4.69, 9.17) is 12.2 Å². The Bertz CT molecular complexity index is 614. The number of hydrogen-bond acceptors (Lipinski definition) is 3. The van der Waals surface area contributed by atoms with Crippen LogP contribution in [-0.2, 0) is 6.54 Å². The van der Waals surface area contributed by atoms with Gasteiger partial charge in [0, 0.05) is 6.54 Å². The van der Waals surface area contributed by atoms with Gasteiger partial charge in [0.15, 0.2) is 4.77 Å². The standard InChI is InChI=1S/C11H11F3N2O2S/c1-2-6-16-9(18)7(8(17)15-10(16)19)4-3-5-11(12,13)14/h2-4,18H,1,5-6H2,(H,15,17,19). The highest BCUT2D eigenvalue weighted by molar-refractivity contribution is 7.71. The van der Waals surface area contributed by atoms with E-state index in [0.717, 1.165) is 16.7 Å². The van der Waals surface area contributed by atoms with E-state index >= 15 is 0 Å². The number of alkyl halides is 3. The van der Waals surface area contributed by atoms with Gasteiger partial charge in [-0.05, 0) is 18.3 Å². The van der Waals surface area contributed by atoms with Crippen LogP contribution in [0.3, 0.4) is 0 Å². The van der Waals surface area contributed by atoms with E-state index in [-0.39, 0.29) is 16.9 Å². The van der Waals surface area contributed by atoms with Crippen molar-refractivity contribution in [3.63, 3.8) is 0 Å². The van der Waals surface area contributed by atoms with E-state index in [2.05, 4.69) is 11.6 Å². The van der Waals surface area contributed by atoms with Crippen molar-refractivity contribution in [1.29, 1.82) is 0 Å². The van der Waals surface area contributed by atoms with Gasteiger partial charge in [0.25, 0.3) is 5.56 Å². The number of allylic oxidation sites excluding steroid dienone is 2. The molecule has 0 radical (unpaired) electrons. The highest BCUT2D eigenvalue weighted by Crippen LogP contribution is 2.21. The second-order valence-electron chi connectivity index (χ2n) is 3.62. The summed E-state index contributed by atoms with van der Waals surface area (Å²) in [6.07, 6.45) is -2.46. The van der Waals surface area contributed by atoms with Crippen LogP contribution < -0.4 is 5.56 Å². The molecule has 0 saturated heterocycles. The van der Waals surface area contributed by atoms with Crippen molar-refractivity contribution in [2.75, 3.05) is 0 Å². The SMILES string of the molecule is C=CCn1c(O)c(C=CCC(F)(F)F)c(=O)[nH]c1=S. The van der Waals surface area contributed by atoms with Crippen molar-refractivity contribution in [2.45, 2.75) is 19.1 Å². The molecule has 0 spiro atoms. The average Bonchev–Trinajstić information content (AvgIpc) is 2.27. The highest BCUT2D eigenvalue weighted by atomic mass is 32.1. The molecular weight excluding hydrogens is 281 g/mol. The third-order valence-electron chi connectivity index (χ3n) is 2.15. The molecule has 0 unspecified atom stereocenters. The second kappa shape index (κ2) is 5.87. The summed E-state index contributed by atoms with van der Waals surface area (Å²) in [4.78, 5) is 13.8. The number of hydrogen-bond donors (Lipinski definition) is 2. The van der Waals surface area contributed by atoms with E-state index in [1.807, 2.05) is 0 Å². The van der Waals surface area contributed by atoms with Crippen LogP contribution in [0.15, 0.2) is 23.5 Å². The fourth-order valence-electron chi connectivity index (χ4n) is 1.33. The molecule has 1 heterocycles. The van der Waals surface area contributed by atoms with Crippen LogP contribution in [0.2, 0.25) is 0 Å². The number of rotatable bonds is 4. The molecule has 0 aliphatic heterocycles. The Morgan fingerprint density at radius 3 is 2.63 bits per heavy atom. The number of nitrogens with zero attached hydrogens (tertiary/aromatic N) is 1. The smallest absolute Gasteiger partial charge is 0.392 e. The van der Waals surface area contributed by atoms with Crippen molar-refractivity contribution in [3.05, 3.63) is 39.4 Å². The minimum absolute atomic E-state index is 0.0321. The van der Waals surface area contributed by atoms with Crippen LogP contribution in [0, 0.1) is 4.77 Å².